The van der Waals surface area contributed by atoms with Crippen LogP contribution in [0.1, 0.15) is 34.1 Å². The normalized spacial score (nSPS) is 13.0. The van der Waals surface area contributed by atoms with Gasteiger partial charge >= 0.3 is 13.8 Å². The summed E-state index contributed by atoms with van der Waals surface area (Å²) in [6, 6.07) is 19.8. The number of rotatable bonds is 13. The lowest BCUT2D eigenvalue weighted by Gasteiger charge is -2.25. The number of hydrogen-bond acceptors (Lipinski definition) is 8. The van der Waals surface area contributed by atoms with Gasteiger partial charge in [0.2, 0.25) is 0 Å². The fraction of sp³-hybridized carbons (Fsp3) is 0.176. The van der Waals surface area contributed by atoms with E-state index in [1.807, 2.05) is 0 Å². The molecule has 2 atom stereocenters. The van der Waals surface area contributed by atoms with Gasteiger partial charge in [0, 0.05) is 42.8 Å². The minimum absolute atomic E-state index is 0.0000186. The first-order valence-electron chi connectivity index (χ1n) is 14.5. The second kappa shape index (κ2) is 18.1. The van der Waals surface area contributed by atoms with E-state index in [1.54, 1.807) is 87.2 Å². The van der Waals surface area contributed by atoms with Crippen LogP contribution in [0, 0.1) is 5.41 Å². The van der Waals surface area contributed by atoms with E-state index in [-0.39, 0.29) is 28.6 Å². The maximum absolute atomic E-state index is 14.2. The number of nitrogens with zero attached hydrogens (tertiary/aromatic N) is 1. The fourth-order valence-electron chi connectivity index (χ4n) is 4.04. The first-order chi connectivity index (χ1) is 23.3. The Balaban J connectivity index is 0.00000209. The van der Waals surface area contributed by atoms with Gasteiger partial charge in [0.15, 0.2) is 0 Å². The second-order valence-corrected chi connectivity index (χ2v) is 13.0. The molecular formula is C34H35F3N5O5PS. The summed E-state index contributed by atoms with van der Waals surface area (Å²) in [4.78, 5) is 29.4. The topological polar surface area (TPSA) is 142 Å². The summed E-state index contributed by atoms with van der Waals surface area (Å²) in [6.45, 7) is 1.43. The first kappa shape index (κ1) is 38.7. The second-order valence-electron chi connectivity index (χ2n) is 10.1. The highest BCUT2D eigenvalue weighted by atomic mass is 32.2. The highest BCUT2D eigenvalue weighted by Crippen LogP contribution is 2.46. The summed E-state index contributed by atoms with van der Waals surface area (Å²) in [5, 5.41) is 16.8. The van der Waals surface area contributed by atoms with Gasteiger partial charge in [0.05, 0.1) is 34.3 Å². The standard InChI is InChI=1S/C32H29F3N5O4PS.C2H6O/c1-21(20-41)39-45(43,44-24-13-10-22(11-14-24)32(33,34)35)40-29-19-25(46-30-9-4-3-8-27(30)31(42)37-2)15-16-26(29)28(36)17-12-23-7-5-6-18-38-23;1-3-2/h3-21,36H,1-2H3,(H,37,42)(H2,39,40,43);1-2H3/b17-12+,36-28?;. The molecule has 15 heteroatoms. The number of carbonyl (C=O) groups is 2. The van der Waals surface area contributed by atoms with E-state index in [4.69, 9.17) is 9.93 Å². The Labute approximate surface area is 286 Å². The number of carbonyl (C=O) groups excluding carboxylic acids is 2. The van der Waals surface area contributed by atoms with Gasteiger partial charge in [0.1, 0.15) is 12.0 Å². The van der Waals surface area contributed by atoms with Crippen molar-refractivity contribution >= 4 is 49.1 Å². The van der Waals surface area contributed by atoms with E-state index in [1.165, 1.54) is 31.8 Å². The molecular weight excluding hydrogens is 678 g/mol. The predicted octanol–water partition coefficient (Wildman–Crippen LogP) is 7.73. The monoisotopic (exact) mass is 713 g/mol. The van der Waals surface area contributed by atoms with Crippen LogP contribution in [0.25, 0.3) is 6.08 Å². The molecule has 0 saturated heterocycles. The molecule has 4 N–H and O–H groups in total. The van der Waals surface area contributed by atoms with Crippen molar-refractivity contribution in [1.29, 1.82) is 5.41 Å². The third-order valence-corrected chi connectivity index (χ3v) is 9.05. The molecule has 1 amide bonds. The number of pyridine rings is 1. The molecule has 4 aromatic rings. The highest BCUT2D eigenvalue weighted by Gasteiger charge is 2.32. The van der Waals surface area contributed by atoms with Crippen LogP contribution in [0.2, 0.25) is 0 Å². The summed E-state index contributed by atoms with van der Waals surface area (Å²) >= 11 is 1.24. The van der Waals surface area contributed by atoms with Gasteiger partial charge in [-0.3, -0.25) is 14.9 Å². The van der Waals surface area contributed by atoms with Gasteiger partial charge in [-0.25, -0.2) is 9.65 Å². The maximum Gasteiger partial charge on any atom is 0.417 e. The van der Waals surface area contributed by atoms with E-state index >= 15 is 0 Å². The molecule has 4 rings (SSSR count). The zero-order chi connectivity index (χ0) is 36.0. The van der Waals surface area contributed by atoms with Gasteiger partial charge in [-0.2, -0.15) is 13.2 Å². The van der Waals surface area contributed by atoms with Crippen LogP contribution in [0.5, 0.6) is 5.75 Å². The van der Waals surface area contributed by atoms with E-state index in [0.717, 1.165) is 24.3 Å². The average molecular weight is 714 g/mol. The summed E-state index contributed by atoms with van der Waals surface area (Å²) in [6.07, 6.45) is 0.634. The van der Waals surface area contributed by atoms with Gasteiger partial charge in [-0.15, -0.1) is 0 Å². The number of benzene rings is 3. The van der Waals surface area contributed by atoms with Gasteiger partial charge in [0.25, 0.3) is 5.91 Å². The van der Waals surface area contributed by atoms with Crippen molar-refractivity contribution in [2.75, 3.05) is 26.4 Å². The number of aldehydes is 1. The third-order valence-electron chi connectivity index (χ3n) is 6.24. The van der Waals surface area contributed by atoms with Crippen LogP contribution < -0.4 is 20.0 Å². The molecule has 258 valence electrons. The number of allylic oxidation sites excluding steroid dienone is 1. The molecule has 0 aliphatic carbocycles. The van der Waals surface area contributed by atoms with Gasteiger partial charge < -0.3 is 24.8 Å². The van der Waals surface area contributed by atoms with Crippen LogP contribution in [0.4, 0.5) is 18.9 Å². The molecule has 2 unspecified atom stereocenters. The lowest BCUT2D eigenvalue weighted by atomic mass is 10.1. The van der Waals surface area contributed by atoms with E-state index < -0.39 is 25.5 Å². The number of nitrogens with one attached hydrogen (secondary N) is 4. The molecule has 49 heavy (non-hydrogen) atoms. The molecule has 0 fully saturated rings. The Morgan fingerprint density at radius 1 is 1.00 bits per heavy atom. The lowest BCUT2D eigenvalue weighted by molar-refractivity contribution is -0.137. The largest absolute Gasteiger partial charge is 0.418 e. The Hall–Kier alpha value is -4.75. The smallest absolute Gasteiger partial charge is 0.417 e. The molecule has 0 radical (unpaired) electrons. The van der Waals surface area contributed by atoms with Crippen LogP contribution in [0.3, 0.4) is 0 Å². The molecule has 0 spiro atoms. The fourth-order valence-corrected chi connectivity index (χ4v) is 6.71. The van der Waals surface area contributed by atoms with Crippen molar-refractivity contribution in [3.63, 3.8) is 0 Å². The summed E-state index contributed by atoms with van der Waals surface area (Å²) in [7, 11) is 0.483. The lowest BCUT2D eigenvalue weighted by Crippen LogP contribution is -2.30. The molecule has 0 aliphatic rings. The summed E-state index contributed by atoms with van der Waals surface area (Å²) in [5.41, 5.74) is 0.538. The van der Waals surface area contributed by atoms with Crippen molar-refractivity contribution < 1.29 is 36.6 Å². The number of alkyl halides is 3. The maximum atomic E-state index is 14.2. The minimum atomic E-state index is -4.59. The third kappa shape index (κ3) is 11.7. The van der Waals surface area contributed by atoms with Crippen molar-refractivity contribution in [2.45, 2.75) is 28.9 Å². The SMILES string of the molecule is CNC(=O)c1ccccc1Sc1ccc(C(=N)/C=C/c2ccccn2)c(NP(=O)(NC(C)C=O)Oc2ccc(C(F)(F)F)cc2)c1.COC. The molecule has 0 aliphatic heterocycles. The van der Waals surface area contributed by atoms with Gasteiger partial charge in [-0.1, -0.05) is 30.0 Å². The van der Waals surface area contributed by atoms with Gasteiger partial charge in [-0.05, 0) is 85.8 Å². The predicted molar refractivity (Wildman–Crippen MR) is 185 cm³/mol. The van der Waals surface area contributed by atoms with Crippen molar-refractivity contribution in [3.05, 3.63) is 120 Å². The molecule has 0 saturated carbocycles. The zero-order valence-electron chi connectivity index (χ0n) is 26.9. The Bertz CT molecular complexity index is 1810. The summed E-state index contributed by atoms with van der Waals surface area (Å²) in [5.74, 6) is -0.452. The number of halogens is 3. The highest BCUT2D eigenvalue weighted by molar-refractivity contribution is 7.99. The zero-order valence-corrected chi connectivity index (χ0v) is 28.7. The Kier molecular flexibility index (Phi) is 14.3. The number of hydrogen-bond donors (Lipinski definition) is 4. The molecule has 0 bridgehead atoms. The van der Waals surface area contributed by atoms with E-state index in [2.05, 4.69) is 25.2 Å². The minimum Gasteiger partial charge on any atom is -0.418 e. The molecule has 1 aromatic heterocycles. The van der Waals surface area contributed by atoms with Crippen molar-refractivity contribution in [1.82, 2.24) is 15.4 Å². The first-order valence-corrected chi connectivity index (χ1v) is 17.0. The quantitative estimate of drug-likeness (QED) is 0.0622. The van der Waals surface area contributed by atoms with Crippen LogP contribution in [-0.2, 0) is 20.3 Å². The van der Waals surface area contributed by atoms with Crippen LogP contribution >= 0.6 is 19.4 Å². The summed E-state index contributed by atoms with van der Waals surface area (Å²) < 4.78 is 63.5. The molecule has 10 nitrogen and oxygen atoms in total. The molecule has 1 heterocycles. The average Bonchev–Trinajstić information content (AvgIpc) is 3.07. The van der Waals surface area contributed by atoms with E-state index in [0.29, 0.717) is 27.3 Å². The van der Waals surface area contributed by atoms with Crippen molar-refractivity contribution in [2.24, 2.45) is 0 Å². The number of ether oxygens (including phenoxy) is 1. The number of methoxy groups -OCH3 is 1. The Morgan fingerprint density at radius 3 is 2.29 bits per heavy atom. The molecule has 3 aromatic carbocycles. The number of aromatic nitrogens is 1. The number of amides is 1. The number of anilines is 1. The van der Waals surface area contributed by atoms with Crippen LogP contribution in [-0.4, -0.2) is 50.2 Å². The van der Waals surface area contributed by atoms with E-state index in [9.17, 15) is 27.3 Å². The Morgan fingerprint density at radius 2 is 1.67 bits per heavy atom. The van der Waals surface area contributed by atoms with Crippen LogP contribution in [0.15, 0.2) is 107 Å². The van der Waals surface area contributed by atoms with Crippen molar-refractivity contribution in [3.8, 4) is 5.75 Å².